The number of rotatable bonds is 6. The fourth-order valence-electron chi connectivity index (χ4n) is 4.32. The first-order valence-corrected chi connectivity index (χ1v) is 12.3. The largest absolute Gasteiger partial charge is 0.379 e. The number of fused-ring (bicyclic) bond motifs is 2. The van der Waals surface area contributed by atoms with Crippen LogP contribution in [0.25, 0.3) is 15.9 Å². The Morgan fingerprint density at radius 3 is 2.85 bits per heavy atom. The molecule has 0 bridgehead atoms. The molecule has 0 radical (unpaired) electrons. The molecule has 5 rings (SSSR count). The number of benzene rings is 1. The molecule has 0 unspecified atom stereocenters. The van der Waals surface area contributed by atoms with Crippen molar-refractivity contribution >= 4 is 49.8 Å². The van der Waals surface area contributed by atoms with Gasteiger partial charge in [-0.05, 0) is 50.1 Å². The summed E-state index contributed by atoms with van der Waals surface area (Å²) in [7, 11) is 0. The van der Waals surface area contributed by atoms with Gasteiger partial charge in [0.15, 0.2) is 5.13 Å². The average Bonchev–Trinajstić information content (AvgIpc) is 3.37. The zero-order valence-corrected chi connectivity index (χ0v) is 20.3. The van der Waals surface area contributed by atoms with Crippen molar-refractivity contribution in [1.29, 1.82) is 0 Å². The van der Waals surface area contributed by atoms with Gasteiger partial charge in [-0.3, -0.25) is 19.0 Å². The normalized spacial score (nSPS) is 14.9. The third-order valence-corrected chi connectivity index (χ3v) is 7.23. The van der Waals surface area contributed by atoms with Crippen LogP contribution in [-0.4, -0.2) is 64.6 Å². The Bertz CT molecular complexity index is 1310. The van der Waals surface area contributed by atoms with Crippen molar-refractivity contribution in [3.05, 3.63) is 58.5 Å². The maximum absolute atomic E-state index is 13.9. The van der Waals surface area contributed by atoms with Crippen LogP contribution < -0.4 is 4.90 Å². The van der Waals surface area contributed by atoms with Crippen LogP contribution in [0, 0.1) is 13.8 Å². The van der Waals surface area contributed by atoms with E-state index in [2.05, 4.69) is 9.88 Å². The lowest BCUT2D eigenvalue weighted by Gasteiger charge is -2.27. The number of ether oxygens (including phenoxy) is 1. The molecule has 0 N–H and O–H groups in total. The summed E-state index contributed by atoms with van der Waals surface area (Å²) in [5, 5.41) is 1.37. The van der Waals surface area contributed by atoms with E-state index in [4.69, 9.17) is 21.3 Å². The smallest absolute Gasteiger partial charge is 0.278 e. The van der Waals surface area contributed by atoms with E-state index >= 15 is 0 Å². The molecule has 1 aromatic carbocycles. The number of morpholine rings is 1. The van der Waals surface area contributed by atoms with Gasteiger partial charge < -0.3 is 4.74 Å². The Labute approximate surface area is 201 Å². The molecule has 1 saturated heterocycles. The Balaban J connectivity index is 1.50. The first-order valence-electron chi connectivity index (χ1n) is 11.1. The summed E-state index contributed by atoms with van der Waals surface area (Å²) in [5.74, 6) is -0.0871. The quantitative estimate of drug-likeness (QED) is 0.401. The molecule has 0 atom stereocenters. The molecule has 1 aliphatic heterocycles. The van der Waals surface area contributed by atoms with Crippen LogP contribution in [0.3, 0.4) is 0 Å². The van der Waals surface area contributed by atoms with Crippen molar-refractivity contribution in [3.8, 4) is 0 Å². The van der Waals surface area contributed by atoms with Crippen LogP contribution in [0.5, 0.6) is 0 Å². The number of nitrogens with zero attached hydrogens (tertiary/aromatic N) is 5. The molecular formula is C24H26ClN5O2S. The molecule has 0 spiro atoms. The van der Waals surface area contributed by atoms with Crippen LogP contribution in [0.1, 0.15) is 28.2 Å². The number of amides is 1. The summed E-state index contributed by atoms with van der Waals surface area (Å²) in [6.45, 7) is 8.75. The van der Waals surface area contributed by atoms with Crippen LogP contribution in [0.15, 0.2) is 36.5 Å². The molecule has 3 aromatic heterocycles. The van der Waals surface area contributed by atoms with Crippen LogP contribution >= 0.6 is 22.9 Å². The average molecular weight is 484 g/mol. The summed E-state index contributed by atoms with van der Waals surface area (Å²) in [4.78, 5) is 27.6. The number of carbonyl (C=O) groups is 1. The van der Waals surface area contributed by atoms with E-state index in [1.807, 2.05) is 59.7 Å². The highest BCUT2D eigenvalue weighted by Crippen LogP contribution is 2.34. The Kier molecular flexibility index (Phi) is 6.34. The van der Waals surface area contributed by atoms with Crippen molar-refractivity contribution in [2.45, 2.75) is 20.3 Å². The molecule has 9 heteroatoms. The van der Waals surface area contributed by atoms with E-state index in [0.29, 0.717) is 28.1 Å². The van der Waals surface area contributed by atoms with Crippen molar-refractivity contribution in [1.82, 2.24) is 19.3 Å². The van der Waals surface area contributed by atoms with E-state index < -0.39 is 0 Å². The van der Waals surface area contributed by atoms with Gasteiger partial charge in [0.25, 0.3) is 5.91 Å². The standard InChI is InChI=1S/C24H26ClN5O2S/c1-16-14-18(25)15-19-21(16)27-24(33-19)30(9-5-7-28-10-12-32-13-11-28)23(31)22-17(2)26-20-6-3-4-8-29(20)22/h3-4,6,8,14-15H,5,7,9-13H2,1-2H3. The monoisotopic (exact) mass is 483 g/mol. The molecule has 7 nitrogen and oxygen atoms in total. The number of halogens is 1. The maximum Gasteiger partial charge on any atom is 0.278 e. The minimum atomic E-state index is -0.0871. The number of imidazole rings is 1. The molecule has 4 aromatic rings. The van der Waals surface area contributed by atoms with Crippen molar-refractivity contribution in [2.75, 3.05) is 44.3 Å². The van der Waals surface area contributed by atoms with Gasteiger partial charge in [0.2, 0.25) is 0 Å². The topological polar surface area (TPSA) is 63.0 Å². The van der Waals surface area contributed by atoms with Gasteiger partial charge in [-0.2, -0.15) is 0 Å². The first kappa shape index (κ1) is 22.3. The highest BCUT2D eigenvalue weighted by molar-refractivity contribution is 7.22. The summed E-state index contributed by atoms with van der Waals surface area (Å²) in [5.41, 5.74) is 3.95. The highest BCUT2D eigenvalue weighted by atomic mass is 35.5. The fourth-order valence-corrected chi connectivity index (χ4v) is 5.76. The van der Waals surface area contributed by atoms with Crippen LogP contribution in [-0.2, 0) is 4.74 Å². The molecule has 1 amide bonds. The maximum atomic E-state index is 13.9. The van der Waals surface area contributed by atoms with Crippen molar-refractivity contribution in [2.24, 2.45) is 0 Å². The summed E-state index contributed by atoms with van der Waals surface area (Å²) < 4.78 is 8.30. The number of aromatic nitrogens is 3. The van der Waals surface area contributed by atoms with E-state index in [-0.39, 0.29) is 5.91 Å². The molecule has 1 aliphatic rings. The van der Waals surface area contributed by atoms with E-state index in [9.17, 15) is 4.79 Å². The molecule has 0 saturated carbocycles. The van der Waals surface area contributed by atoms with Crippen molar-refractivity contribution in [3.63, 3.8) is 0 Å². The Hall–Kier alpha value is -2.52. The zero-order chi connectivity index (χ0) is 22.9. The predicted molar refractivity (Wildman–Crippen MR) is 133 cm³/mol. The summed E-state index contributed by atoms with van der Waals surface area (Å²) in [6.07, 6.45) is 2.73. The molecular weight excluding hydrogens is 458 g/mol. The van der Waals surface area contributed by atoms with Gasteiger partial charge in [0, 0.05) is 37.4 Å². The van der Waals surface area contributed by atoms with E-state index in [0.717, 1.165) is 60.7 Å². The number of anilines is 1. The lowest BCUT2D eigenvalue weighted by molar-refractivity contribution is 0.0376. The van der Waals surface area contributed by atoms with Crippen molar-refractivity contribution < 1.29 is 9.53 Å². The number of hydrogen-bond donors (Lipinski definition) is 0. The highest BCUT2D eigenvalue weighted by Gasteiger charge is 2.26. The Morgan fingerprint density at radius 2 is 2.03 bits per heavy atom. The second-order valence-electron chi connectivity index (χ2n) is 8.30. The summed E-state index contributed by atoms with van der Waals surface area (Å²) in [6, 6.07) is 9.58. The molecule has 33 heavy (non-hydrogen) atoms. The predicted octanol–water partition coefficient (Wildman–Crippen LogP) is 4.58. The van der Waals surface area contributed by atoms with Crippen LogP contribution in [0.2, 0.25) is 5.02 Å². The molecule has 172 valence electrons. The first-order chi connectivity index (χ1) is 16.0. The number of pyridine rings is 1. The fraction of sp³-hybridized carbons (Fsp3) is 0.375. The number of carbonyl (C=O) groups excluding carboxylic acids is 1. The van der Waals surface area contributed by atoms with Gasteiger partial charge in [-0.25, -0.2) is 9.97 Å². The second kappa shape index (κ2) is 9.38. The molecule has 4 heterocycles. The van der Waals surface area contributed by atoms with Gasteiger partial charge in [-0.15, -0.1) is 0 Å². The lowest BCUT2D eigenvalue weighted by Crippen LogP contribution is -2.39. The second-order valence-corrected chi connectivity index (χ2v) is 9.75. The van der Waals surface area contributed by atoms with Gasteiger partial charge in [0.05, 0.1) is 29.1 Å². The van der Waals surface area contributed by atoms with E-state index in [1.54, 1.807) is 0 Å². The lowest BCUT2D eigenvalue weighted by atomic mass is 10.2. The number of thiazole rings is 1. The zero-order valence-electron chi connectivity index (χ0n) is 18.8. The van der Waals surface area contributed by atoms with Crippen LogP contribution in [0.4, 0.5) is 5.13 Å². The SMILES string of the molecule is Cc1nc2ccccn2c1C(=O)N(CCCN1CCOCC1)c1nc2c(C)cc(Cl)cc2s1. The Morgan fingerprint density at radius 1 is 1.21 bits per heavy atom. The summed E-state index contributed by atoms with van der Waals surface area (Å²) >= 11 is 7.79. The van der Waals surface area contributed by atoms with Gasteiger partial charge >= 0.3 is 0 Å². The number of hydrogen-bond acceptors (Lipinski definition) is 6. The van der Waals surface area contributed by atoms with Gasteiger partial charge in [0.1, 0.15) is 11.3 Å². The molecule has 0 aliphatic carbocycles. The number of aryl methyl sites for hydroxylation is 2. The minimum absolute atomic E-state index is 0.0871. The third kappa shape index (κ3) is 4.48. The third-order valence-electron chi connectivity index (χ3n) is 5.98. The molecule has 1 fully saturated rings. The van der Waals surface area contributed by atoms with Gasteiger partial charge in [-0.1, -0.05) is 29.0 Å². The van der Waals surface area contributed by atoms with E-state index in [1.165, 1.54) is 11.3 Å². The minimum Gasteiger partial charge on any atom is -0.379 e.